The largest absolute Gasteiger partial charge is 0.368 e. The molecule has 2 N–H and O–H groups in total. The van der Waals surface area contributed by atoms with E-state index in [9.17, 15) is 0 Å². The van der Waals surface area contributed by atoms with Crippen molar-refractivity contribution in [2.45, 2.75) is 6.92 Å². The van der Waals surface area contributed by atoms with Gasteiger partial charge in [-0.2, -0.15) is 4.98 Å². The Morgan fingerprint density at radius 2 is 2.00 bits per heavy atom. The highest BCUT2D eigenvalue weighted by Crippen LogP contribution is 2.11. The molecule has 5 heteroatoms. The molecule has 5 nitrogen and oxygen atoms in total. The SMILES string of the molecule is Cc1cccc(-c2ncnc(N)n2)n1. The van der Waals surface area contributed by atoms with Crippen LogP contribution in [-0.2, 0) is 0 Å². The van der Waals surface area contributed by atoms with Crippen molar-refractivity contribution in [3.05, 3.63) is 30.2 Å². The van der Waals surface area contributed by atoms with Gasteiger partial charge in [-0.25, -0.2) is 15.0 Å². The maximum absolute atomic E-state index is 5.44. The fourth-order valence-corrected chi connectivity index (χ4v) is 1.10. The number of hydrogen-bond acceptors (Lipinski definition) is 5. The third kappa shape index (κ3) is 1.66. The van der Waals surface area contributed by atoms with Crippen LogP contribution in [0.25, 0.3) is 11.5 Å². The van der Waals surface area contributed by atoms with E-state index in [2.05, 4.69) is 19.9 Å². The lowest BCUT2D eigenvalue weighted by Gasteiger charge is -1.99. The van der Waals surface area contributed by atoms with Crippen LogP contribution in [-0.4, -0.2) is 19.9 Å². The highest BCUT2D eigenvalue weighted by atomic mass is 15.1. The molecule has 0 aliphatic heterocycles. The maximum atomic E-state index is 5.44. The normalized spacial score (nSPS) is 10.1. The Balaban J connectivity index is 2.49. The number of nitrogen functional groups attached to an aromatic ring is 1. The van der Waals surface area contributed by atoms with Crippen molar-refractivity contribution in [3.63, 3.8) is 0 Å². The van der Waals surface area contributed by atoms with Gasteiger partial charge in [0.2, 0.25) is 5.95 Å². The first-order valence-corrected chi connectivity index (χ1v) is 4.14. The molecule has 0 fully saturated rings. The van der Waals surface area contributed by atoms with E-state index in [4.69, 9.17) is 5.73 Å². The predicted molar refractivity (Wildman–Crippen MR) is 52.2 cm³/mol. The topological polar surface area (TPSA) is 77.6 Å². The zero-order valence-corrected chi connectivity index (χ0v) is 7.68. The van der Waals surface area contributed by atoms with E-state index in [-0.39, 0.29) is 5.95 Å². The van der Waals surface area contributed by atoms with E-state index < -0.39 is 0 Å². The smallest absolute Gasteiger partial charge is 0.223 e. The highest BCUT2D eigenvalue weighted by molar-refractivity contribution is 5.49. The Morgan fingerprint density at radius 1 is 1.14 bits per heavy atom. The van der Waals surface area contributed by atoms with Crippen LogP contribution in [0.2, 0.25) is 0 Å². The summed E-state index contributed by atoms with van der Waals surface area (Å²) in [5.74, 6) is 0.708. The molecule has 0 saturated heterocycles. The zero-order chi connectivity index (χ0) is 9.97. The third-order valence-electron chi connectivity index (χ3n) is 1.71. The number of pyridine rings is 1. The molecule has 0 atom stereocenters. The van der Waals surface area contributed by atoms with Crippen molar-refractivity contribution in [2.75, 3.05) is 5.73 Å². The molecular weight excluding hydrogens is 178 g/mol. The molecule has 14 heavy (non-hydrogen) atoms. The molecule has 0 aliphatic rings. The number of hydrogen-bond donors (Lipinski definition) is 1. The van der Waals surface area contributed by atoms with Gasteiger partial charge in [0, 0.05) is 5.69 Å². The zero-order valence-electron chi connectivity index (χ0n) is 7.68. The van der Waals surface area contributed by atoms with Crippen LogP contribution in [0.15, 0.2) is 24.5 Å². The maximum Gasteiger partial charge on any atom is 0.223 e. The van der Waals surface area contributed by atoms with Crippen molar-refractivity contribution in [1.29, 1.82) is 0 Å². The average Bonchev–Trinajstić information content (AvgIpc) is 2.18. The minimum absolute atomic E-state index is 0.207. The Hall–Kier alpha value is -2.04. The average molecular weight is 187 g/mol. The van der Waals surface area contributed by atoms with Gasteiger partial charge in [-0.3, -0.25) is 0 Å². The molecule has 0 saturated carbocycles. The molecule has 2 aromatic heterocycles. The third-order valence-corrected chi connectivity index (χ3v) is 1.71. The number of nitrogens with zero attached hydrogens (tertiary/aromatic N) is 4. The lowest BCUT2D eigenvalue weighted by molar-refractivity contribution is 1.05. The fourth-order valence-electron chi connectivity index (χ4n) is 1.10. The number of aryl methyl sites for hydroxylation is 1. The Kier molecular flexibility index (Phi) is 2.06. The van der Waals surface area contributed by atoms with E-state index in [0.29, 0.717) is 11.5 Å². The predicted octanol–water partition coefficient (Wildman–Crippen LogP) is 0.824. The van der Waals surface area contributed by atoms with Crippen LogP contribution in [0.1, 0.15) is 5.69 Å². The summed E-state index contributed by atoms with van der Waals surface area (Å²) in [6.07, 6.45) is 1.38. The van der Waals surface area contributed by atoms with Gasteiger partial charge in [0.15, 0.2) is 5.82 Å². The summed E-state index contributed by atoms with van der Waals surface area (Å²) in [5.41, 5.74) is 7.07. The van der Waals surface area contributed by atoms with E-state index in [1.807, 2.05) is 25.1 Å². The summed E-state index contributed by atoms with van der Waals surface area (Å²) >= 11 is 0. The van der Waals surface area contributed by atoms with Crippen LogP contribution >= 0.6 is 0 Å². The lowest BCUT2D eigenvalue weighted by Crippen LogP contribution is -1.99. The number of rotatable bonds is 1. The summed E-state index contributed by atoms with van der Waals surface area (Å²) < 4.78 is 0. The molecule has 0 amide bonds. The standard InChI is InChI=1S/C9H9N5/c1-6-3-2-4-7(13-6)8-11-5-12-9(10)14-8/h2-5H,1H3,(H2,10,11,12,14). The van der Waals surface area contributed by atoms with Gasteiger partial charge < -0.3 is 5.73 Å². The summed E-state index contributed by atoms with van der Waals surface area (Å²) in [6, 6.07) is 5.65. The van der Waals surface area contributed by atoms with Crippen LogP contribution in [0.3, 0.4) is 0 Å². The number of nitrogens with two attached hydrogens (primary N) is 1. The van der Waals surface area contributed by atoms with Crippen LogP contribution in [0.5, 0.6) is 0 Å². The Labute approximate surface area is 81.1 Å². The van der Waals surface area contributed by atoms with Crippen molar-refractivity contribution >= 4 is 5.95 Å². The van der Waals surface area contributed by atoms with Gasteiger partial charge in [-0.05, 0) is 19.1 Å². The molecule has 0 bridgehead atoms. The summed E-state index contributed by atoms with van der Waals surface area (Å²) in [6.45, 7) is 1.91. The second-order valence-electron chi connectivity index (χ2n) is 2.83. The van der Waals surface area contributed by atoms with E-state index in [1.54, 1.807) is 0 Å². The minimum Gasteiger partial charge on any atom is -0.368 e. The molecule has 0 unspecified atom stereocenters. The Morgan fingerprint density at radius 3 is 2.71 bits per heavy atom. The number of aromatic nitrogens is 4. The molecular formula is C9H9N5. The van der Waals surface area contributed by atoms with Crippen molar-refractivity contribution in [2.24, 2.45) is 0 Å². The van der Waals surface area contributed by atoms with E-state index >= 15 is 0 Å². The lowest BCUT2D eigenvalue weighted by atomic mass is 10.3. The Bertz CT molecular complexity index is 411. The van der Waals surface area contributed by atoms with E-state index in [0.717, 1.165) is 5.69 Å². The van der Waals surface area contributed by atoms with E-state index in [1.165, 1.54) is 6.33 Å². The molecule has 0 spiro atoms. The second kappa shape index (κ2) is 3.37. The van der Waals surface area contributed by atoms with Crippen molar-refractivity contribution in [3.8, 4) is 11.5 Å². The molecule has 2 rings (SSSR count). The first kappa shape index (κ1) is 8.55. The van der Waals surface area contributed by atoms with Crippen LogP contribution in [0, 0.1) is 6.92 Å². The molecule has 0 radical (unpaired) electrons. The highest BCUT2D eigenvalue weighted by Gasteiger charge is 2.02. The molecule has 2 aromatic rings. The fraction of sp³-hybridized carbons (Fsp3) is 0.111. The van der Waals surface area contributed by atoms with Crippen molar-refractivity contribution < 1.29 is 0 Å². The molecule has 0 aliphatic carbocycles. The van der Waals surface area contributed by atoms with Gasteiger partial charge in [0.1, 0.15) is 12.0 Å². The second-order valence-corrected chi connectivity index (χ2v) is 2.83. The monoisotopic (exact) mass is 187 g/mol. The van der Waals surface area contributed by atoms with Gasteiger partial charge in [-0.15, -0.1) is 0 Å². The molecule has 2 heterocycles. The van der Waals surface area contributed by atoms with Gasteiger partial charge in [0.25, 0.3) is 0 Å². The van der Waals surface area contributed by atoms with Crippen LogP contribution in [0.4, 0.5) is 5.95 Å². The minimum atomic E-state index is 0.207. The number of anilines is 1. The first-order valence-electron chi connectivity index (χ1n) is 4.14. The van der Waals surface area contributed by atoms with Gasteiger partial charge >= 0.3 is 0 Å². The first-order chi connectivity index (χ1) is 6.75. The van der Waals surface area contributed by atoms with Crippen LogP contribution < -0.4 is 5.73 Å². The summed E-state index contributed by atoms with van der Waals surface area (Å²) in [7, 11) is 0. The van der Waals surface area contributed by atoms with Gasteiger partial charge in [-0.1, -0.05) is 6.07 Å². The summed E-state index contributed by atoms with van der Waals surface area (Å²) in [5, 5.41) is 0. The molecule has 0 aromatic carbocycles. The summed E-state index contributed by atoms with van der Waals surface area (Å²) in [4.78, 5) is 16.0. The van der Waals surface area contributed by atoms with Crippen molar-refractivity contribution in [1.82, 2.24) is 19.9 Å². The van der Waals surface area contributed by atoms with Gasteiger partial charge in [0.05, 0.1) is 0 Å². The quantitative estimate of drug-likeness (QED) is 0.715. The molecule has 70 valence electrons.